The summed E-state index contributed by atoms with van der Waals surface area (Å²) in [5.74, 6) is 0. The van der Waals surface area contributed by atoms with E-state index in [0.29, 0.717) is 32.8 Å². The summed E-state index contributed by atoms with van der Waals surface area (Å²) in [6.07, 6.45) is 0. The zero-order valence-corrected chi connectivity index (χ0v) is 80.0. The van der Waals surface area contributed by atoms with Crippen LogP contribution in [0.2, 0.25) is 0 Å². The quantitative estimate of drug-likeness (QED) is 0.0357. The van der Waals surface area contributed by atoms with Gasteiger partial charge in [-0.15, -0.1) is 0 Å². The van der Waals surface area contributed by atoms with Crippen molar-refractivity contribution in [1.82, 2.24) is 0 Å². The van der Waals surface area contributed by atoms with E-state index in [0.717, 1.165) is 135 Å². The van der Waals surface area contributed by atoms with Gasteiger partial charge in [-0.25, -0.2) is 0 Å². The fraction of sp³-hybridized carbons (Fsp3) is 0.00813. The van der Waals surface area contributed by atoms with Crippen molar-refractivity contribution < 1.29 is 29.3 Å². The van der Waals surface area contributed by atoms with E-state index in [-0.39, 0.29) is 75.5 Å². The summed E-state index contributed by atoms with van der Waals surface area (Å²) in [7, 11) is -10.1. The van der Waals surface area contributed by atoms with Gasteiger partial charge in [0, 0.05) is 0 Å². The summed E-state index contributed by atoms with van der Waals surface area (Å²) < 4.78 is 81.2. The van der Waals surface area contributed by atoms with Crippen LogP contribution in [0.25, 0.3) is 259 Å². The number of hydrogen-bond donors (Lipinski definition) is 0. The molecule has 0 saturated carbocycles. The third-order valence-electron chi connectivity index (χ3n) is 27.9. The fourth-order valence-corrected chi connectivity index (χ4v) is 30.9. The van der Waals surface area contributed by atoms with E-state index < -0.39 is 25.9 Å². The molecule has 0 spiro atoms. The van der Waals surface area contributed by atoms with Gasteiger partial charge in [0.2, 0.25) is 0 Å². The molecule has 0 aliphatic heterocycles. The molecule has 0 bridgehead atoms. The Bertz CT molecular complexity index is 9970. The molecule has 664 valence electrons. The van der Waals surface area contributed by atoms with Gasteiger partial charge in [0.25, 0.3) is 0 Å². The molecule has 0 fully saturated rings. The van der Waals surface area contributed by atoms with Crippen molar-refractivity contribution in [2.75, 3.05) is 0 Å². The second-order valence-electron chi connectivity index (χ2n) is 35.4. The summed E-state index contributed by atoms with van der Waals surface area (Å²) in [5, 5.41) is 60.3. The Morgan fingerprint density at radius 3 is 0.764 bits per heavy atom. The molecule has 140 heavy (non-hydrogen) atoms. The predicted molar refractivity (Wildman–Crippen MR) is 578 cm³/mol. The minimum absolute atomic E-state index is 0.0105. The summed E-state index contributed by atoms with van der Waals surface area (Å²) in [6, 6.07) is 134. The zero-order valence-electron chi connectivity index (χ0n) is 74.0. The molecule has 27 rings (SSSR count). The number of nitro groups is 2. The van der Waals surface area contributed by atoms with Crippen molar-refractivity contribution in [3.05, 3.63) is 443 Å². The van der Waals surface area contributed by atoms with Gasteiger partial charge in [-0.2, -0.15) is 0 Å². The number of nitrogens with zero attached hydrogens (tertiary/aromatic N) is 4. The van der Waals surface area contributed by atoms with E-state index in [9.17, 15) is 44.9 Å². The standard InChI is InChI=1S/C42H22N2Se.C41H25F5SSe.C40H22N2O4Se/c1-44-41-32-17-8-6-15-30(32)39(31-16-7-9-18-33(31)41)25-21-22-38-36(23-25)34-19-10-20-35(42(34)45-38)40-28-13-4-2-11-26(28)37(24-43)27-12-3-5-14-29(27)40;1-24-26-11-2-4-13-28(26)38(29-14-5-3-12-27(24)29)25-21-22-37-36(23-25)34-19-10-20-35(41(34)48-37)39-30-15-6-8-17-32(30)40(47(42,43,44,45)46)33-18-9-7-16-31(33)39;43-41(44)38-28-14-5-1-10-24(28)36(25-11-2-6-15-29(25)38)23-20-21-35-34(22-23)32-18-9-19-33(40(32)47-35)37-26-12-3-7-16-30(26)39(42(45)46)31-17-8-4-13-27(31)37/h2-23H;2-23H,1H3;1-22H. The van der Waals surface area contributed by atoms with Gasteiger partial charge in [-0.3, -0.25) is 0 Å². The van der Waals surface area contributed by atoms with E-state index in [1.807, 2.05) is 133 Å². The topological polar surface area (TPSA) is 114 Å². The van der Waals surface area contributed by atoms with Crippen LogP contribution in [0.15, 0.2) is 405 Å². The molecule has 0 atom stereocenters. The van der Waals surface area contributed by atoms with Crippen LogP contribution in [-0.2, 0) is 0 Å². The molecule has 0 aliphatic carbocycles. The summed E-state index contributed by atoms with van der Waals surface area (Å²) in [5.41, 5.74) is 15.4. The monoisotopic (exact) mass is 2030 g/mol. The fourth-order valence-electron chi connectivity index (χ4n) is 22.2. The minimum atomic E-state index is -10.1. The van der Waals surface area contributed by atoms with Crippen molar-refractivity contribution in [2.24, 2.45) is 0 Å². The SMILES string of the molecule is Cc1c2ccccc2c(-c2ccc3[se]c4c(-c5c6ccccc6c(S(F)(F)(F)(F)F)c6ccccc56)cccc4c3c2)c2ccccc12.O=[N+]([O-])c1c2ccccc2c(-c2ccc3[se]c4c(-c5c6ccccc6c([N+](=O)[O-])c6ccccc56)cccc4c3c2)c2ccccc12.[C-]#[N+]c1c2ccccc2c(-c2ccc3[se]c4c(-c5c6ccccc6c(C#N)c6ccccc56)cccc4c3c2)c2ccccc12. The van der Waals surface area contributed by atoms with Crippen LogP contribution in [0.5, 0.6) is 0 Å². The Balaban J connectivity index is 0.000000111. The maximum atomic E-state index is 14.7. The maximum absolute atomic E-state index is 14.7. The first-order valence-electron chi connectivity index (χ1n) is 45.4. The van der Waals surface area contributed by atoms with Gasteiger partial charge < -0.3 is 0 Å². The summed E-state index contributed by atoms with van der Waals surface area (Å²) in [6.45, 7) is 10.2. The molecular weight excluding hydrogens is 1960 g/mol. The van der Waals surface area contributed by atoms with Crippen molar-refractivity contribution >= 4 is 258 Å². The van der Waals surface area contributed by atoms with E-state index >= 15 is 0 Å². The van der Waals surface area contributed by atoms with Gasteiger partial charge in [0.15, 0.2) is 0 Å². The molecular formula is C123H69F5N4O4SSe3. The molecule has 0 radical (unpaired) electrons. The number of fused-ring (bicyclic) bond motifs is 21. The number of aryl methyl sites for hydroxylation is 1. The number of benzene rings is 24. The van der Waals surface area contributed by atoms with E-state index in [1.54, 1.807) is 12.1 Å². The third-order valence-corrected chi connectivity index (χ3v) is 36.8. The average molecular weight is 2030 g/mol. The molecule has 24 aromatic carbocycles. The zero-order chi connectivity index (χ0) is 94.9. The third kappa shape index (κ3) is 13.5. The summed E-state index contributed by atoms with van der Waals surface area (Å²) >= 11 is -0.0600. The predicted octanol–water partition coefficient (Wildman–Crippen LogP) is 36.2. The molecule has 0 N–H and O–H groups in total. The average Bonchev–Trinajstić information content (AvgIpc) is 0.738. The number of rotatable bonds is 9. The molecule has 17 heteroatoms. The molecule has 0 amide bonds. The molecule has 8 nitrogen and oxygen atoms in total. The van der Waals surface area contributed by atoms with Gasteiger partial charge >= 0.3 is 820 Å². The summed E-state index contributed by atoms with van der Waals surface area (Å²) in [4.78, 5) is 26.3. The van der Waals surface area contributed by atoms with Gasteiger partial charge in [-0.05, 0) is 0 Å². The number of non-ortho nitro benzene ring substituents is 2. The molecule has 0 unspecified atom stereocenters. The number of hydrogen-bond acceptors (Lipinski definition) is 5. The molecule has 3 heterocycles. The van der Waals surface area contributed by atoms with Crippen LogP contribution in [0.1, 0.15) is 11.1 Å². The number of nitro benzene ring substituents is 2. The van der Waals surface area contributed by atoms with Crippen LogP contribution in [0.3, 0.4) is 0 Å². The van der Waals surface area contributed by atoms with Crippen LogP contribution in [0, 0.1) is 45.1 Å². The Labute approximate surface area is 813 Å². The Morgan fingerprint density at radius 2 is 0.493 bits per heavy atom. The number of nitriles is 1. The van der Waals surface area contributed by atoms with Crippen molar-refractivity contribution in [2.45, 2.75) is 11.8 Å². The van der Waals surface area contributed by atoms with Gasteiger partial charge in [0.1, 0.15) is 0 Å². The van der Waals surface area contributed by atoms with Gasteiger partial charge in [0.05, 0.1) is 0 Å². The van der Waals surface area contributed by atoms with E-state index in [2.05, 4.69) is 236 Å². The first kappa shape index (κ1) is 85.4. The Morgan fingerprint density at radius 1 is 0.271 bits per heavy atom. The van der Waals surface area contributed by atoms with E-state index in [1.165, 1.54) is 118 Å². The second-order valence-corrected chi connectivity index (χ2v) is 44.3. The van der Waals surface area contributed by atoms with Crippen molar-refractivity contribution in [3.63, 3.8) is 0 Å². The van der Waals surface area contributed by atoms with E-state index in [4.69, 9.17) is 6.57 Å². The molecule has 27 aromatic rings. The molecule has 0 saturated heterocycles. The van der Waals surface area contributed by atoms with Crippen LogP contribution >= 0.6 is 10.2 Å². The van der Waals surface area contributed by atoms with Crippen molar-refractivity contribution in [1.29, 1.82) is 5.26 Å². The van der Waals surface area contributed by atoms with Crippen LogP contribution in [0.4, 0.5) is 36.5 Å². The first-order valence-corrected chi connectivity index (χ1v) is 52.5. The number of halogens is 5. The second kappa shape index (κ2) is 32.2. The van der Waals surface area contributed by atoms with Crippen LogP contribution < -0.4 is 0 Å². The van der Waals surface area contributed by atoms with Gasteiger partial charge in [-0.1, -0.05) is 0 Å². The van der Waals surface area contributed by atoms with Crippen molar-refractivity contribution in [3.8, 4) is 72.8 Å². The Hall–Kier alpha value is -16.3. The normalized spacial score (nSPS) is 12.4. The van der Waals surface area contributed by atoms with Crippen LogP contribution in [-0.4, -0.2) is 53.4 Å². The molecule has 3 aromatic heterocycles. The first-order chi connectivity index (χ1) is 68.2. The molecule has 0 aliphatic rings. The Kier molecular flexibility index (Phi) is 19.6.